The zero-order valence-corrected chi connectivity index (χ0v) is 13.3. The van der Waals surface area contributed by atoms with E-state index < -0.39 is 0 Å². The lowest BCUT2D eigenvalue weighted by Crippen LogP contribution is -2.14. The van der Waals surface area contributed by atoms with Crippen molar-refractivity contribution in [2.45, 2.75) is 26.4 Å². The van der Waals surface area contributed by atoms with Crippen LogP contribution in [0, 0.1) is 0 Å². The van der Waals surface area contributed by atoms with Crippen LogP contribution in [0.5, 0.6) is 0 Å². The number of aromatic nitrogens is 2. The van der Waals surface area contributed by atoms with E-state index in [-0.39, 0.29) is 11.5 Å². The maximum Gasteiger partial charge on any atom is 0.265 e. The van der Waals surface area contributed by atoms with Crippen molar-refractivity contribution < 1.29 is 4.74 Å². The minimum absolute atomic E-state index is 0.157. The highest BCUT2D eigenvalue weighted by molar-refractivity contribution is 9.10. The van der Waals surface area contributed by atoms with Gasteiger partial charge >= 0.3 is 0 Å². The number of halogens is 1. The van der Waals surface area contributed by atoms with E-state index in [1.54, 1.807) is 7.11 Å². The summed E-state index contributed by atoms with van der Waals surface area (Å²) in [5.41, 5.74) is 2.53. The van der Waals surface area contributed by atoms with Gasteiger partial charge in [0.2, 0.25) is 0 Å². The van der Waals surface area contributed by atoms with Crippen LogP contribution < -0.4 is 5.56 Å². The fraction of sp³-hybridized carbons (Fsp3) is 0.333. The van der Waals surface area contributed by atoms with Crippen LogP contribution in [-0.2, 0) is 11.3 Å². The molecule has 2 aromatic rings. The Balaban J connectivity index is 2.53. The summed E-state index contributed by atoms with van der Waals surface area (Å²) < 4.78 is 5.63. The highest BCUT2D eigenvalue weighted by Gasteiger charge is 2.13. The van der Waals surface area contributed by atoms with Crippen molar-refractivity contribution in [1.82, 2.24) is 9.97 Å². The van der Waals surface area contributed by atoms with Gasteiger partial charge in [0.05, 0.1) is 12.3 Å². The molecule has 0 atom stereocenters. The van der Waals surface area contributed by atoms with Crippen molar-refractivity contribution in [3.05, 3.63) is 50.3 Å². The van der Waals surface area contributed by atoms with Crippen molar-refractivity contribution in [3.63, 3.8) is 0 Å². The van der Waals surface area contributed by atoms with E-state index in [0.29, 0.717) is 16.9 Å². The van der Waals surface area contributed by atoms with Gasteiger partial charge in [-0.15, -0.1) is 0 Å². The van der Waals surface area contributed by atoms with E-state index in [1.807, 2.05) is 38.1 Å². The smallest absolute Gasteiger partial charge is 0.265 e. The molecule has 1 heterocycles. The minimum atomic E-state index is -0.157. The molecule has 106 valence electrons. The Morgan fingerprint density at radius 3 is 2.80 bits per heavy atom. The second-order valence-electron chi connectivity index (χ2n) is 4.90. The molecule has 5 heteroatoms. The third-order valence-corrected chi connectivity index (χ3v) is 3.71. The zero-order valence-electron chi connectivity index (χ0n) is 11.7. The number of hydrogen-bond acceptors (Lipinski definition) is 3. The molecule has 2 rings (SSSR count). The van der Waals surface area contributed by atoms with Gasteiger partial charge in [-0.1, -0.05) is 32.0 Å². The lowest BCUT2D eigenvalue weighted by molar-refractivity contribution is 0.185. The summed E-state index contributed by atoms with van der Waals surface area (Å²) in [5.74, 6) is 0.757. The van der Waals surface area contributed by atoms with Gasteiger partial charge in [0.25, 0.3) is 5.56 Å². The molecule has 1 N–H and O–H groups in total. The second-order valence-corrected chi connectivity index (χ2v) is 5.69. The van der Waals surface area contributed by atoms with Crippen LogP contribution in [0.2, 0.25) is 0 Å². The molecule has 0 bridgehead atoms. The first-order chi connectivity index (χ1) is 9.52. The number of methoxy groups -OCH3 is 1. The Bertz CT molecular complexity index is 665. The van der Waals surface area contributed by atoms with Crippen LogP contribution in [0.15, 0.2) is 33.5 Å². The first-order valence-electron chi connectivity index (χ1n) is 6.41. The SMILES string of the molecule is COCc1cccc(-c2nc(C(C)C)c(Br)c(=O)[nH]2)c1. The normalized spacial score (nSPS) is 11.1. The predicted octanol–water partition coefficient (Wildman–Crippen LogP) is 3.47. The second kappa shape index (κ2) is 6.33. The summed E-state index contributed by atoms with van der Waals surface area (Å²) in [5, 5.41) is 0. The number of rotatable bonds is 4. The highest BCUT2D eigenvalue weighted by atomic mass is 79.9. The van der Waals surface area contributed by atoms with Gasteiger partial charge in [-0.3, -0.25) is 4.79 Å². The molecule has 0 aliphatic rings. The third kappa shape index (κ3) is 3.16. The van der Waals surface area contributed by atoms with E-state index in [2.05, 4.69) is 25.9 Å². The molecule has 0 radical (unpaired) electrons. The van der Waals surface area contributed by atoms with E-state index >= 15 is 0 Å². The summed E-state index contributed by atoms with van der Waals surface area (Å²) in [6, 6.07) is 7.81. The molecule has 4 nitrogen and oxygen atoms in total. The lowest BCUT2D eigenvalue weighted by Gasteiger charge is -2.10. The summed E-state index contributed by atoms with van der Waals surface area (Å²) in [4.78, 5) is 19.3. The van der Waals surface area contributed by atoms with Crippen molar-refractivity contribution in [2.75, 3.05) is 7.11 Å². The molecule has 0 saturated carbocycles. The summed E-state index contributed by atoms with van der Waals surface area (Å²) >= 11 is 3.30. The summed E-state index contributed by atoms with van der Waals surface area (Å²) in [6.45, 7) is 4.56. The molecular weight excluding hydrogens is 320 g/mol. The first kappa shape index (κ1) is 14.9. The number of aromatic amines is 1. The molecule has 0 aliphatic carbocycles. The van der Waals surface area contributed by atoms with Gasteiger partial charge in [0.1, 0.15) is 10.3 Å². The number of benzene rings is 1. The van der Waals surface area contributed by atoms with E-state index in [1.165, 1.54) is 0 Å². The molecule has 0 spiro atoms. The molecule has 0 saturated heterocycles. The molecule has 0 fully saturated rings. The number of nitrogens with one attached hydrogen (secondary N) is 1. The Hall–Kier alpha value is -1.46. The van der Waals surface area contributed by atoms with Gasteiger partial charge in [0.15, 0.2) is 0 Å². The zero-order chi connectivity index (χ0) is 14.7. The fourth-order valence-corrected chi connectivity index (χ4v) is 2.62. The van der Waals surface area contributed by atoms with E-state index in [4.69, 9.17) is 4.74 Å². The van der Waals surface area contributed by atoms with Gasteiger partial charge < -0.3 is 9.72 Å². The van der Waals surface area contributed by atoms with E-state index in [0.717, 1.165) is 16.8 Å². The summed E-state index contributed by atoms with van der Waals surface area (Å²) in [6.07, 6.45) is 0. The van der Waals surface area contributed by atoms with Gasteiger partial charge in [0, 0.05) is 12.7 Å². The quantitative estimate of drug-likeness (QED) is 0.929. The van der Waals surface area contributed by atoms with Crippen LogP contribution >= 0.6 is 15.9 Å². The van der Waals surface area contributed by atoms with Crippen LogP contribution in [0.1, 0.15) is 31.0 Å². The van der Waals surface area contributed by atoms with Crippen LogP contribution in [0.4, 0.5) is 0 Å². The molecule has 0 unspecified atom stereocenters. The van der Waals surface area contributed by atoms with Gasteiger partial charge in [-0.25, -0.2) is 4.98 Å². The standard InChI is InChI=1S/C15H17BrN2O2/c1-9(2)13-12(16)15(19)18-14(17-13)11-6-4-5-10(7-11)8-20-3/h4-7,9H,8H2,1-3H3,(H,17,18,19). The van der Waals surface area contributed by atoms with Crippen LogP contribution in [-0.4, -0.2) is 17.1 Å². The van der Waals surface area contributed by atoms with Crippen molar-refractivity contribution in [1.29, 1.82) is 0 Å². The lowest BCUT2D eigenvalue weighted by atomic mass is 10.1. The molecule has 0 amide bonds. The predicted molar refractivity (Wildman–Crippen MR) is 82.8 cm³/mol. The Labute approximate surface area is 126 Å². The largest absolute Gasteiger partial charge is 0.380 e. The van der Waals surface area contributed by atoms with Crippen LogP contribution in [0.3, 0.4) is 0 Å². The van der Waals surface area contributed by atoms with Gasteiger partial charge in [-0.2, -0.15) is 0 Å². The van der Waals surface area contributed by atoms with Crippen LogP contribution in [0.25, 0.3) is 11.4 Å². The maximum atomic E-state index is 12.0. The maximum absolute atomic E-state index is 12.0. The molecular formula is C15H17BrN2O2. The Morgan fingerprint density at radius 1 is 1.40 bits per heavy atom. The summed E-state index contributed by atoms with van der Waals surface area (Å²) in [7, 11) is 1.66. The number of ether oxygens (including phenoxy) is 1. The first-order valence-corrected chi connectivity index (χ1v) is 7.20. The number of nitrogens with zero attached hydrogens (tertiary/aromatic N) is 1. The Morgan fingerprint density at radius 2 is 2.15 bits per heavy atom. The average Bonchev–Trinajstić information content (AvgIpc) is 2.42. The van der Waals surface area contributed by atoms with E-state index in [9.17, 15) is 4.79 Å². The minimum Gasteiger partial charge on any atom is -0.380 e. The van der Waals surface area contributed by atoms with Crippen molar-refractivity contribution in [3.8, 4) is 11.4 Å². The Kier molecular flexibility index (Phi) is 4.73. The highest BCUT2D eigenvalue weighted by Crippen LogP contribution is 2.23. The number of H-pyrrole nitrogens is 1. The molecule has 1 aromatic heterocycles. The molecule has 20 heavy (non-hydrogen) atoms. The molecule has 1 aromatic carbocycles. The number of hydrogen-bond donors (Lipinski definition) is 1. The molecule has 0 aliphatic heterocycles. The van der Waals surface area contributed by atoms with Crippen molar-refractivity contribution >= 4 is 15.9 Å². The fourth-order valence-electron chi connectivity index (χ4n) is 1.97. The van der Waals surface area contributed by atoms with Gasteiger partial charge in [-0.05, 0) is 33.5 Å². The monoisotopic (exact) mass is 336 g/mol. The third-order valence-electron chi connectivity index (χ3n) is 2.95. The topological polar surface area (TPSA) is 55.0 Å². The van der Waals surface area contributed by atoms with Crippen molar-refractivity contribution in [2.24, 2.45) is 0 Å². The average molecular weight is 337 g/mol.